The first kappa shape index (κ1) is 13.0. The number of anilines is 1. The molecule has 0 bridgehead atoms. The molecule has 0 aromatic carbocycles. The highest BCUT2D eigenvalue weighted by atomic mass is 15.1. The second-order valence-electron chi connectivity index (χ2n) is 4.85. The molecule has 0 amide bonds. The Morgan fingerprint density at radius 1 is 1.25 bits per heavy atom. The fraction of sp³-hybridized carbons (Fsp3) is 0.615. The third-order valence-electron chi connectivity index (χ3n) is 2.57. The molecule has 1 aromatic rings. The van der Waals surface area contributed by atoms with Crippen LogP contribution in [0.5, 0.6) is 0 Å². The summed E-state index contributed by atoms with van der Waals surface area (Å²) in [6.45, 7) is 9.53. The van der Waals surface area contributed by atoms with Gasteiger partial charge in [0.05, 0.1) is 17.6 Å². The van der Waals surface area contributed by atoms with E-state index in [-0.39, 0.29) is 0 Å². The molecular formula is C13H23N3. The quantitative estimate of drug-likeness (QED) is 0.828. The fourth-order valence-electron chi connectivity index (χ4n) is 1.37. The molecule has 1 rings (SSSR count). The highest BCUT2D eigenvalue weighted by Crippen LogP contribution is 2.09. The van der Waals surface area contributed by atoms with E-state index >= 15 is 0 Å². The zero-order valence-electron chi connectivity index (χ0n) is 11.0. The van der Waals surface area contributed by atoms with Crippen molar-refractivity contribution in [2.45, 2.75) is 46.3 Å². The molecule has 3 heteroatoms. The van der Waals surface area contributed by atoms with Crippen molar-refractivity contribution in [2.24, 2.45) is 0 Å². The van der Waals surface area contributed by atoms with Crippen LogP contribution >= 0.6 is 0 Å². The van der Waals surface area contributed by atoms with E-state index in [2.05, 4.69) is 62.1 Å². The summed E-state index contributed by atoms with van der Waals surface area (Å²) in [6, 6.07) is 5.18. The van der Waals surface area contributed by atoms with Gasteiger partial charge in [0, 0.05) is 18.6 Å². The first-order chi connectivity index (χ1) is 7.49. The average molecular weight is 221 g/mol. The SMILES string of the molecule is CC(C)Nc1ccc(CN(C)C(C)C)nc1. The van der Waals surface area contributed by atoms with Crippen LogP contribution in [0.1, 0.15) is 33.4 Å². The van der Waals surface area contributed by atoms with Crippen molar-refractivity contribution < 1.29 is 0 Å². The minimum absolute atomic E-state index is 0.450. The van der Waals surface area contributed by atoms with Gasteiger partial charge in [-0.15, -0.1) is 0 Å². The number of aromatic nitrogens is 1. The molecule has 0 saturated carbocycles. The Kier molecular flexibility index (Phi) is 4.74. The molecule has 16 heavy (non-hydrogen) atoms. The monoisotopic (exact) mass is 221 g/mol. The molecule has 0 radical (unpaired) electrons. The summed E-state index contributed by atoms with van der Waals surface area (Å²) in [7, 11) is 2.12. The van der Waals surface area contributed by atoms with Gasteiger partial charge in [0.1, 0.15) is 0 Å². The van der Waals surface area contributed by atoms with Crippen LogP contribution in [0, 0.1) is 0 Å². The minimum atomic E-state index is 0.450. The average Bonchev–Trinajstić information content (AvgIpc) is 2.20. The maximum Gasteiger partial charge on any atom is 0.0545 e. The van der Waals surface area contributed by atoms with Gasteiger partial charge in [-0.05, 0) is 46.9 Å². The van der Waals surface area contributed by atoms with E-state index in [1.165, 1.54) is 0 Å². The summed E-state index contributed by atoms with van der Waals surface area (Å²) < 4.78 is 0. The van der Waals surface area contributed by atoms with E-state index in [0.717, 1.165) is 17.9 Å². The van der Waals surface area contributed by atoms with E-state index in [0.29, 0.717) is 12.1 Å². The largest absolute Gasteiger partial charge is 0.382 e. The second-order valence-corrected chi connectivity index (χ2v) is 4.85. The smallest absolute Gasteiger partial charge is 0.0545 e. The highest BCUT2D eigenvalue weighted by Gasteiger charge is 2.05. The first-order valence-electron chi connectivity index (χ1n) is 5.90. The van der Waals surface area contributed by atoms with Crippen molar-refractivity contribution >= 4 is 5.69 Å². The lowest BCUT2D eigenvalue weighted by molar-refractivity contribution is 0.263. The predicted molar refractivity (Wildman–Crippen MR) is 69.6 cm³/mol. The lowest BCUT2D eigenvalue weighted by Crippen LogP contribution is -2.26. The molecule has 1 aromatic heterocycles. The molecule has 0 atom stereocenters. The van der Waals surface area contributed by atoms with E-state index in [1.54, 1.807) is 0 Å². The summed E-state index contributed by atoms with van der Waals surface area (Å²) in [5.74, 6) is 0. The number of hydrogen-bond acceptors (Lipinski definition) is 3. The Morgan fingerprint density at radius 2 is 1.94 bits per heavy atom. The third-order valence-corrected chi connectivity index (χ3v) is 2.57. The summed E-state index contributed by atoms with van der Waals surface area (Å²) in [6.07, 6.45) is 1.91. The maximum absolute atomic E-state index is 4.45. The molecule has 90 valence electrons. The van der Waals surface area contributed by atoms with Crippen LogP contribution < -0.4 is 5.32 Å². The second kappa shape index (κ2) is 5.85. The van der Waals surface area contributed by atoms with Crippen LogP contribution in [0.3, 0.4) is 0 Å². The molecule has 0 saturated heterocycles. The lowest BCUT2D eigenvalue weighted by Gasteiger charge is -2.20. The van der Waals surface area contributed by atoms with Gasteiger partial charge in [0.15, 0.2) is 0 Å². The number of nitrogens with one attached hydrogen (secondary N) is 1. The number of hydrogen-bond donors (Lipinski definition) is 1. The molecule has 1 N–H and O–H groups in total. The molecule has 0 fully saturated rings. The van der Waals surface area contributed by atoms with Crippen molar-refractivity contribution in [1.82, 2.24) is 9.88 Å². The molecule has 0 aliphatic rings. The van der Waals surface area contributed by atoms with E-state index in [4.69, 9.17) is 0 Å². The van der Waals surface area contributed by atoms with Crippen LogP contribution in [0.4, 0.5) is 5.69 Å². The standard InChI is InChI=1S/C13H23N3/c1-10(2)15-12-6-7-13(14-8-12)9-16(5)11(3)4/h6-8,10-11,15H,9H2,1-5H3. The zero-order valence-corrected chi connectivity index (χ0v) is 11.0. The van der Waals surface area contributed by atoms with Gasteiger partial charge in [-0.1, -0.05) is 0 Å². The van der Waals surface area contributed by atoms with Gasteiger partial charge >= 0.3 is 0 Å². The zero-order chi connectivity index (χ0) is 12.1. The molecule has 0 aliphatic carbocycles. The Morgan fingerprint density at radius 3 is 2.38 bits per heavy atom. The Bertz CT molecular complexity index is 303. The fourth-order valence-corrected chi connectivity index (χ4v) is 1.37. The van der Waals surface area contributed by atoms with Crippen molar-refractivity contribution in [3.63, 3.8) is 0 Å². The van der Waals surface area contributed by atoms with Crippen LogP contribution in [-0.4, -0.2) is 29.0 Å². The highest BCUT2D eigenvalue weighted by molar-refractivity contribution is 5.41. The van der Waals surface area contributed by atoms with Crippen LogP contribution in [0.2, 0.25) is 0 Å². The molecule has 0 unspecified atom stereocenters. The number of pyridine rings is 1. The van der Waals surface area contributed by atoms with Crippen molar-refractivity contribution in [2.75, 3.05) is 12.4 Å². The topological polar surface area (TPSA) is 28.2 Å². The molecule has 0 aliphatic heterocycles. The molecule has 1 heterocycles. The molecular weight excluding hydrogens is 198 g/mol. The summed E-state index contributed by atoms with van der Waals surface area (Å²) in [4.78, 5) is 6.73. The van der Waals surface area contributed by atoms with Gasteiger partial charge in [-0.25, -0.2) is 0 Å². The van der Waals surface area contributed by atoms with E-state index in [1.807, 2.05) is 6.20 Å². The maximum atomic E-state index is 4.45. The molecule has 0 spiro atoms. The normalized spacial score (nSPS) is 11.5. The van der Waals surface area contributed by atoms with E-state index < -0.39 is 0 Å². The van der Waals surface area contributed by atoms with Crippen LogP contribution in [0.15, 0.2) is 18.3 Å². The summed E-state index contributed by atoms with van der Waals surface area (Å²) in [5, 5.41) is 3.33. The minimum Gasteiger partial charge on any atom is -0.382 e. The van der Waals surface area contributed by atoms with Gasteiger partial charge in [0.25, 0.3) is 0 Å². The number of rotatable bonds is 5. The Hall–Kier alpha value is -1.09. The Labute approximate surface area is 98.9 Å². The third kappa shape index (κ3) is 4.19. The Balaban J connectivity index is 2.57. The van der Waals surface area contributed by atoms with Gasteiger partial charge in [-0.2, -0.15) is 0 Å². The first-order valence-corrected chi connectivity index (χ1v) is 5.90. The van der Waals surface area contributed by atoms with Crippen molar-refractivity contribution in [3.05, 3.63) is 24.0 Å². The lowest BCUT2D eigenvalue weighted by atomic mass is 10.2. The van der Waals surface area contributed by atoms with Gasteiger partial charge in [0.2, 0.25) is 0 Å². The predicted octanol–water partition coefficient (Wildman–Crippen LogP) is 2.74. The van der Waals surface area contributed by atoms with Gasteiger partial charge < -0.3 is 5.32 Å². The van der Waals surface area contributed by atoms with E-state index in [9.17, 15) is 0 Å². The summed E-state index contributed by atoms with van der Waals surface area (Å²) in [5.41, 5.74) is 2.21. The van der Waals surface area contributed by atoms with Crippen molar-refractivity contribution in [3.8, 4) is 0 Å². The summed E-state index contributed by atoms with van der Waals surface area (Å²) >= 11 is 0. The van der Waals surface area contributed by atoms with Crippen LogP contribution in [-0.2, 0) is 6.54 Å². The number of nitrogens with zero attached hydrogens (tertiary/aromatic N) is 2. The van der Waals surface area contributed by atoms with Crippen molar-refractivity contribution in [1.29, 1.82) is 0 Å². The van der Waals surface area contributed by atoms with Crippen LogP contribution in [0.25, 0.3) is 0 Å². The molecule has 3 nitrogen and oxygen atoms in total. The van der Waals surface area contributed by atoms with Gasteiger partial charge in [-0.3, -0.25) is 9.88 Å².